The number of thiazole rings is 1. The van der Waals surface area contributed by atoms with Crippen LogP contribution < -0.4 is 5.32 Å². The van der Waals surface area contributed by atoms with Crippen molar-refractivity contribution < 1.29 is 14.7 Å². The summed E-state index contributed by atoms with van der Waals surface area (Å²) in [5.74, 6) is -1.30. The first-order valence-corrected chi connectivity index (χ1v) is 4.96. The summed E-state index contributed by atoms with van der Waals surface area (Å²) >= 11 is 1.06. The van der Waals surface area contributed by atoms with E-state index in [1.54, 1.807) is 6.92 Å². The van der Waals surface area contributed by atoms with Gasteiger partial charge in [-0.05, 0) is 13.0 Å². The number of aromatic carboxylic acids is 1. The molecule has 0 unspecified atom stereocenters. The lowest BCUT2D eigenvalue weighted by Crippen LogP contribution is -2.19. The Bertz CT molecular complexity index is 411. The van der Waals surface area contributed by atoms with E-state index in [1.807, 2.05) is 0 Å². The fourth-order valence-corrected chi connectivity index (χ4v) is 1.80. The van der Waals surface area contributed by atoms with Crippen LogP contribution in [0.2, 0.25) is 0 Å². The van der Waals surface area contributed by atoms with Crippen LogP contribution in [0.5, 0.6) is 0 Å². The van der Waals surface area contributed by atoms with Gasteiger partial charge in [0.1, 0.15) is 9.88 Å². The zero-order valence-electron chi connectivity index (χ0n) is 8.11. The lowest BCUT2D eigenvalue weighted by molar-refractivity contribution is -0.116. The standard InChI is InChI=1S/C9H10N2O3S/c1-3-6(12)10-4-7-11-5(2)8(15-7)9(13)14/h3H,1,4H2,2H3,(H,10,12)(H,13,14). The fraction of sp³-hybridized carbons (Fsp3) is 0.222. The number of carboxylic acids is 1. The maximum Gasteiger partial charge on any atom is 0.347 e. The Balaban J connectivity index is 2.71. The molecule has 0 atom stereocenters. The first-order chi connectivity index (χ1) is 7.04. The molecular weight excluding hydrogens is 216 g/mol. The van der Waals surface area contributed by atoms with Crippen LogP contribution in [0.25, 0.3) is 0 Å². The second-order valence-corrected chi connectivity index (χ2v) is 3.83. The third kappa shape index (κ3) is 2.88. The van der Waals surface area contributed by atoms with E-state index in [0.717, 1.165) is 17.4 Å². The number of carboxylic acid groups (broad SMARTS) is 1. The number of rotatable bonds is 4. The Kier molecular flexibility index (Phi) is 3.56. The molecule has 0 fully saturated rings. The van der Waals surface area contributed by atoms with Gasteiger partial charge in [0.15, 0.2) is 0 Å². The van der Waals surface area contributed by atoms with Gasteiger partial charge in [-0.2, -0.15) is 0 Å². The highest BCUT2D eigenvalue weighted by Crippen LogP contribution is 2.17. The molecule has 0 radical (unpaired) electrons. The first-order valence-electron chi connectivity index (χ1n) is 4.14. The van der Waals surface area contributed by atoms with Gasteiger partial charge in [-0.1, -0.05) is 6.58 Å². The summed E-state index contributed by atoms with van der Waals surface area (Å²) in [7, 11) is 0. The van der Waals surface area contributed by atoms with E-state index >= 15 is 0 Å². The highest BCUT2D eigenvalue weighted by molar-refractivity contribution is 7.13. The van der Waals surface area contributed by atoms with Crippen molar-refractivity contribution in [1.82, 2.24) is 10.3 Å². The molecule has 2 N–H and O–H groups in total. The second-order valence-electron chi connectivity index (χ2n) is 2.75. The van der Waals surface area contributed by atoms with Crippen LogP contribution in [0.3, 0.4) is 0 Å². The van der Waals surface area contributed by atoms with Crippen molar-refractivity contribution >= 4 is 23.2 Å². The maximum absolute atomic E-state index is 10.8. The molecular formula is C9H10N2O3S. The number of hydrogen-bond donors (Lipinski definition) is 2. The third-order valence-corrected chi connectivity index (χ3v) is 2.78. The number of carbonyl (C=O) groups is 2. The number of hydrogen-bond acceptors (Lipinski definition) is 4. The van der Waals surface area contributed by atoms with Crippen LogP contribution in [-0.2, 0) is 11.3 Å². The Morgan fingerprint density at radius 3 is 2.80 bits per heavy atom. The van der Waals surface area contributed by atoms with Crippen LogP contribution in [0.15, 0.2) is 12.7 Å². The SMILES string of the molecule is C=CC(=O)NCc1nc(C)c(C(=O)O)s1. The van der Waals surface area contributed by atoms with Crippen molar-refractivity contribution in [2.24, 2.45) is 0 Å². The van der Waals surface area contributed by atoms with Crippen LogP contribution in [0.1, 0.15) is 20.4 Å². The predicted molar refractivity (Wildman–Crippen MR) is 55.9 cm³/mol. The number of carbonyl (C=O) groups excluding carboxylic acids is 1. The van der Waals surface area contributed by atoms with Crippen molar-refractivity contribution in [2.75, 3.05) is 0 Å². The van der Waals surface area contributed by atoms with Crippen molar-refractivity contribution in [3.8, 4) is 0 Å². The molecule has 0 aliphatic heterocycles. The molecule has 1 aromatic heterocycles. The van der Waals surface area contributed by atoms with E-state index in [0.29, 0.717) is 10.7 Å². The summed E-state index contributed by atoms with van der Waals surface area (Å²) in [4.78, 5) is 25.8. The zero-order valence-corrected chi connectivity index (χ0v) is 8.93. The molecule has 1 rings (SSSR count). The average Bonchev–Trinajstić information content (AvgIpc) is 2.56. The van der Waals surface area contributed by atoms with Gasteiger partial charge in [0.05, 0.1) is 12.2 Å². The third-order valence-electron chi connectivity index (χ3n) is 1.63. The Hall–Kier alpha value is -1.69. The van der Waals surface area contributed by atoms with E-state index in [-0.39, 0.29) is 17.3 Å². The van der Waals surface area contributed by atoms with Crippen molar-refractivity contribution in [3.63, 3.8) is 0 Å². The summed E-state index contributed by atoms with van der Waals surface area (Å²) in [5.41, 5.74) is 0.468. The summed E-state index contributed by atoms with van der Waals surface area (Å²) in [6.45, 7) is 5.15. The molecule has 6 heteroatoms. The minimum Gasteiger partial charge on any atom is -0.477 e. The Labute approximate surface area is 90.5 Å². The summed E-state index contributed by atoms with van der Waals surface area (Å²) < 4.78 is 0. The molecule has 80 valence electrons. The van der Waals surface area contributed by atoms with Gasteiger partial charge in [-0.25, -0.2) is 9.78 Å². The smallest absolute Gasteiger partial charge is 0.347 e. The molecule has 5 nitrogen and oxygen atoms in total. The number of nitrogens with one attached hydrogen (secondary N) is 1. The van der Waals surface area contributed by atoms with Crippen molar-refractivity contribution in [2.45, 2.75) is 13.5 Å². The van der Waals surface area contributed by atoms with Crippen LogP contribution >= 0.6 is 11.3 Å². The second kappa shape index (κ2) is 4.70. The van der Waals surface area contributed by atoms with E-state index in [4.69, 9.17) is 5.11 Å². The van der Waals surface area contributed by atoms with Crippen LogP contribution in [0, 0.1) is 6.92 Å². The Morgan fingerprint density at radius 2 is 2.33 bits per heavy atom. The van der Waals surface area contributed by atoms with Gasteiger partial charge < -0.3 is 10.4 Å². The average molecular weight is 226 g/mol. The van der Waals surface area contributed by atoms with Crippen molar-refractivity contribution in [1.29, 1.82) is 0 Å². The van der Waals surface area contributed by atoms with Gasteiger partial charge >= 0.3 is 5.97 Å². The number of aromatic nitrogens is 1. The van der Waals surface area contributed by atoms with Gasteiger partial charge in [-0.3, -0.25) is 4.79 Å². The lowest BCUT2D eigenvalue weighted by atomic mass is 10.4. The number of amides is 1. The van der Waals surface area contributed by atoms with E-state index in [2.05, 4.69) is 16.9 Å². The monoisotopic (exact) mass is 226 g/mol. The predicted octanol–water partition coefficient (Wildman–Crippen LogP) is 0.952. The molecule has 15 heavy (non-hydrogen) atoms. The van der Waals surface area contributed by atoms with Crippen molar-refractivity contribution in [3.05, 3.63) is 28.2 Å². The zero-order chi connectivity index (χ0) is 11.4. The molecule has 0 saturated carbocycles. The Morgan fingerprint density at radius 1 is 1.67 bits per heavy atom. The van der Waals surface area contributed by atoms with E-state index in [9.17, 15) is 9.59 Å². The summed E-state index contributed by atoms with van der Waals surface area (Å²) in [5, 5.41) is 11.9. The lowest BCUT2D eigenvalue weighted by Gasteiger charge is -1.96. The highest BCUT2D eigenvalue weighted by atomic mass is 32.1. The first kappa shape index (κ1) is 11.4. The van der Waals surface area contributed by atoms with Gasteiger partial charge in [-0.15, -0.1) is 11.3 Å². The molecule has 1 heterocycles. The largest absolute Gasteiger partial charge is 0.477 e. The summed E-state index contributed by atoms with van der Waals surface area (Å²) in [6, 6.07) is 0. The van der Waals surface area contributed by atoms with E-state index < -0.39 is 5.97 Å². The normalized spacial score (nSPS) is 9.67. The van der Waals surface area contributed by atoms with Gasteiger partial charge in [0.25, 0.3) is 0 Å². The molecule has 1 aromatic rings. The molecule has 0 spiro atoms. The quantitative estimate of drug-likeness (QED) is 0.749. The summed E-state index contributed by atoms with van der Waals surface area (Å²) in [6.07, 6.45) is 1.15. The minimum absolute atomic E-state index is 0.206. The molecule has 0 aliphatic carbocycles. The van der Waals surface area contributed by atoms with Gasteiger partial charge in [0.2, 0.25) is 5.91 Å². The maximum atomic E-state index is 10.8. The number of nitrogens with zero attached hydrogens (tertiary/aromatic N) is 1. The van der Waals surface area contributed by atoms with E-state index in [1.165, 1.54) is 0 Å². The highest BCUT2D eigenvalue weighted by Gasteiger charge is 2.13. The molecule has 0 aliphatic rings. The van der Waals surface area contributed by atoms with Crippen LogP contribution in [0.4, 0.5) is 0 Å². The van der Waals surface area contributed by atoms with Gasteiger partial charge in [0, 0.05) is 0 Å². The minimum atomic E-state index is -0.994. The fourth-order valence-electron chi connectivity index (χ4n) is 0.961. The molecule has 0 saturated heterocycles. The molecule has 1 amide bonds. The molecule has 0 aromatic carbocycles. The molecule has 0 bridgehead atoms. The topological polar surface area (TPSA) is 79.3 Å². The number of aryl methyl sites for hydroxylation is 1. The van der Waals surface area contributed by atoms with Crippen LogP contribution in [-0.4, -0.2) is 22.0 Å².